The fourth-order valence-electron chi connectivity index (χ4n) is 2.42. The predicted octanol–water partition coefficient (Wildman–Crippen LogP) is 3.21. The third-order valence-corrected chi connectivity index (χ3v) is 3.70. The number of fused-ring (bicyclic) bond motifs is 1. The van der Waals surface area contributed by atoms with Crippen LogP contribution in [0.1, 0.15) is 11.4 Å². The maximum absolute atomic E-state index is 12.0. The Labute approximate surface area is 133 Å². The molecule has 5 heteroatoms. The molecule has 1 aromatic heterocycles. The van der Waals surface area contributed by atoms with Gasteiger partial charge < -0.3 is 4.98 Å². The Hall–Kier alpha value is -2.17. The first-order valence-electron chi connectivity index (χ1n) is 7.03. The SMILES string of the molecule is CN(Cc1ccc(Cl)cc1)Cc1nc2ccccc2c(=O)[nH]1. The van der Waals surface area contributed by atoms with Crippen molar-refractivity contribution in [3.05, 3.63) is 75.3 Å². The zero-order valence-corrected chi connectivity index (χ0v) is 13.0. The molecule has 0 spiro atoms. The van der Waals surface area contributed by atoms with Gasteiger partial charge in [-0.3, -0.25) is 9.69 Å². The van der Waals surface area contributed by atoms with Crippen molar-refractivity contribution in [2.24, 2.45) is 0 Å². The number of hydrogen-bond acceptors (Lipinski definition) is 3. The monoisotopic (exact) mass is 313 g/mol. The first-order chi connectivity index (χ1) is 10.6. The summed E-state index contributed by atoms with van der Waals surface area (Å²) in [4.78, 5) is 21.5. The van der Waals surface area contributed by atoms with Crippen LogP contribution in [0.4, 0.5) is 0 Å². The second kappa shape index (κ2) is 6.30. The van der Waals surface area contributed by atoms with Gasteiger partial charge in [-0.15, -0.1) is 0 Å². The van der Waals surface area contributed by atoms with Gasteiger partial charge in [0.25, 0.3) is 5.56 Å². The molecule has 0 radical (unpaired) electrons. The Kier molecular flexibility index (Phi) is 4.22. The van der Waals surface area contributed by atoms with Crippen LogP contribution in [-0.4, -0.2) is 21.9 Å². The molecule has 1 N–H and O–H groups in total. The smallest absolute Gasteiger partial charge is 0.258 e. The summed E-state index contributed by atoms with van der Waals surface area (Å²) in [5.74, 6) is 0.667. The fourth-order valence-corrected chi connectivity index (χ4v) is 2.55. The Morgan fingerprint density at radius 2 is 1.82 bits per heavy atom. The van der Waals surface area contributed by atoms with Gasteiger partial charge in [0.1, 0.15) is 5.82 Å². The van der Waals surface area contributed by atoms with Crippen LogP contribution < -0.4 is 5.56 Å². The molecule has 2 aromatic carbocycles. The van der Waals surface area contributed by atoms with Gasteiger partial charge in [0.05, 0.1) is 17.4 Å². The van der Waals surface area contributed by atoms with Crippen molar-refractivity contribution in [1.82, 2.24) is 14.9 Å². The van der Waals surface area contributed by atoms with E-state index in [0.29, 0.717) is 17.8 Å². The number of nitrogens with zero attached hydrogens (tertiary/aromatic N) is 2. The van der Waals surface area contributed by atoms with E-state index in [2.05, 4.69) is 14.9 Å². The van der Waals surface area contributed by atoms with E-state index < -0.39 is 0 Å². The first kappa shape index (κ1) is 14.8. The Morgan fingerprint density at radius 3 is 2.59 bits per heavy atom. The topological polar surface area (TPSA) is 49.0 Å². The van der Waals surface area contributed by atoms with E-state index in [1.54, 1.807) is 6.07 Å². The highest BCUT2D eigenvalue weighted by Gasteiger charge is 2.07. The number of hydrogen-bond donors (Lipinski definition) is 1. The van der Waals surface area contributed by atoms with Crippen molar-refractivity contribution >= 4 is 22.5 Å². The molecule has 0 saturated heterocycles. The summed E-state index contributed by atoms with van der Waals surface area (Å²) in [5, 5.41) is 1.35. The second-order valence-electron chi connectivity index (χ2n) is 5.33. The van der Waals surface area contributed by atoms with Crippen LogP contribution in [0.5, 0.6) is 0 Å². The van der Waals surface area contributed by atoms with Crippen molar-refractivity contribution in [3.63, 3.8) is 0 Å². The highest BCUT2D eigenvalue weighted by Crippen LogP contribution is 2.12. The maximum Gasteiger partial charge on any atom is 0.258 e. The summed E-state index contributed by atoms with van der Waals surface area (Å²) < 4.78 is 0. The zero-order valence-electron chi connectivity index (χ0n) is 12.2. The molecule has 112 valence electrons. The number of H-pyrrole nitrogens is 1. The Morgan fingerprint density at radius 1 is 1.09 bits per heavy atom. The Balaban J connectivity index is 1.77. The third kappa shape index (κ3) is 3.35. The molecular weight excluding hydrogens is 298 g/mol. The van der Waals surface area contributed by atoms with Crippen LogP contribution in [0.3, 0.4) is 0 Å². The van der Waals surface area contributed by atoms with Gasteiger partial charge in [0, 0.05) is 11.6 Å². The van der Waals surface area contributed by atoms with E-state index in [1.807, 2.05) is 49.5 Å². The van der Waals surface area contributed by atoms with Gasteiger partial charge in [-0.25, -0.2) is 4.98 Å². The molecule has 3 rings (SSSR count). The molecule has 0 atom stereocenters. The quantitative estimate of drug-likeness (QED) is 0.804. The number of aromatic nitrogens is 2. The average Bonchev–Trinajstić information content (AvgIpc) is 2.49. The lowest BCUT2D eigenvalue weighted by atomic mass is 10.2. The molecule has 0 aliphatic rings. The molecule has 0 aliphatic carbocycles. The second-order valence-corrected chi connectivity index (χ2v) is 5.76. The zero-order chi connectivity index (χ0) is 15.5. The molecule has 22 heavy (non-hydrogen) atoms. The average molecular weight is 314 g/mol. The molecule has 4 nitrogen and oxygen atoms in total. The number of nitrogens with one attached hydrogen (secondary N) is 1. The molecule has 0 amide bonds. The normalized spacial score (nSPS) is 11.2. The highest BCUT2D eigenvalue weighted by molar-refractivity contribution is 6.30. The van der Waals surface area contributed by atoms with Gasteiger partial charge in [0.2, 0.25) is 0 Å². The minimum atomic E-state index is -0.0968. The highest BCUT2D eigenvalue weighted by atomic mass is 35.5. The molecule has 0 aliphatic heterocycles. The van der Waals surface area contributed by atoms with Gasteiger partial charge in [-0.2, -0.15) is 0 Å². The number of halogens is 1. The fraction of sp³-hybridized carbons (Fsp3) is 0.176. The van der Waals surface area contributed by atoms with Gasteiger partial charge >= 0.3 is 0 Å². The summed E-state index contributed by atoms with van der Waals surface area (Å²) >= 11 is 5.89. The van der Waals surface area contributed by atoms with Crippen LogP contribution >= 0.6 is 11.6 Å². The standard InChI is InChI=1S/C17H16ClN3O/c1-21(10-12-6-8-13(18)9-7-12)11-16-19-15-5-3-2-4-14(15)17(22)20-16/h2-9H,10-11H2,1H3,(H,19,20,22). The van der Waals surface area contributed by atoms with E-state index in [4.69, 9.17) is 11.6 Å². The number of rotatable bonds is 4. The van der Waals surface area contributed by atoms with E-state index >= 15 is 0 Å². The van der Waals surface area contributed by atoms with Crippen LogP contribution in [-0.2, 0) is 13.1 Å². The number of para-hydroxylation sites is 1. The first-order valence-corrected chi connectivity index (χ1v) is 7.40. The van der Waals surface area contributed by atoms with Crippen LogP contribution in [0, 0.1) is 0 Å². The van der Waals surface area contributed by atoms with Crippen LogP contribution in [0.2, 0.25) is 5.02 Å². The van der Waals surface area contributed by atoms with Crippen molar-refractivity contribution in [1.29, 1.82) is 0 Å². The lowest BCUT2D eigenvalue weighted by molar-refractivity contribution is 0.311. The molecule has 0 fully saturated rings. The van der Waals surface area contributed by atoms with E-state index in [1.165, 1.54) is 0 Å². The molecule has 0 unspecified atom stereocenters. The van der Waals surface area contributed by atoms with Crippen molar-refractivity contribution in [3.8, 4) is 0 Å². The van der Waals surface area contributed by atoms with Crippen molar-refractivity contribution in [2.75, 3.05) is 7.05 Å². The lowest BCUT2D eigenvalue weighted by Crippen LogP contribution is -2.21. The minimum Gasteiger partial charge on any atom is -0.309 e. The molecule has 1 heterocycles. The van der Waals surface area contributed by atoms with E-state index in [9.17, 15) is 4.79 Å². The summed E-state index contributed by atoms with van der Waals surface area (Å²) in [6, 6.07) is 15.1. The van der Waals surface area contributed by atoms with Crippen LogP contribution in [0.15, 0.2) is 53.3 Å². The number of benzene rings is 2. The predicted molar refractivity (Wildman–Crippen MR) is 89.0 cm³/mol. The molecule has 0 bridgehead atoms. The maximum atomic E-state index is 12.0. The van der Waals surface area contributed by atoms with Gasteiger partial charge in [0.15, 0.2) is 0 Å². The largest absolute Gasteiger partial charge is 0.309 e. The molecule has 0 saturated carbocycles. The summed E-state index contributed by atoms with van der Waals surface area (Å²) in [6.07, 6.45) is 0. The summed E-state index contributed by atoms with van der Waals surface area (Å²) in [7, 11) is 1.99. The van der Waals surface area contributed by atoms with Crippen LogP contribution in [0.25, 0.3) is 10.9 Å². The Bertz CT molecular complexity index is 842. The van der Waals surface area contributed by atoms with E-state index in [0.717, 1.165) is 22.6 Å². The van der Waals surface area contributed by atoms with Gasteiger partial charge in [-0.1, -0.05) is 35.9 Å². The van der Waals surface area contributed by atoms with Crippen molar-refractivity contribution in [2.45, 2.75) is 13.1 Å². The van der Waals surface area contributed by atoms with Crippen molar-refractivity contribution < 1.29 is 0 Å². The summed E-state index contributed by atoms with van der Waals surface area (Å²) in [5.41, 5.74) is 1.79. The van der Waals surface area contributed by atoms with Gasteiger partial charge in [-0.05, 0) is 36.9 Å². The third-order valence-electron chi connectivity index (χ3n) is 3.45. The number of aromatic amines is 1. The molecular formula is C17H16ClN3O. The molecule has 3 aromatic rings. The lowest BCUT2D eigenvalue weighted by Gasteiger charge is -2.16. The van der Waals surface area contributed by atoms with E-state index in [-0.39, 0.29) is 5.56 Å². The summed E-state index contributed by atoms with van der Waals surface area (Å²) in [6.45, 7) is 1.33. The minimum absolute atomic E-state index is 0.0968.